The van der Waals surface area contributed by atoms with Crippen LogP contribution in [0.15, 0.2) is 82.9 Å². The number of hydrogen-bond acceptors (Lipinski definition) is 4. The number of rotatable bonds is 6. The minimum absolute atomic E-state index is 0.336. The number of fused-ring (bicyclic) bond motifs is 1. The van der Waals surface area contributed by atoms with Crippen molar-refractivity contribution in [3.63, 3.8) is 0 Å². The third kappa shape index (κ3) is 5.30. The summed E-state index contributed by atoms with van der Waals surface area (Å²) < 4.78 is 6.37. The summed E-state index contributed by atoms with van der Waals surface area (Å²) in [4.78, 5) is 24.3. The Morgan fingerprint density at radius 1 is 1.07 bits per heavy atom. The quantitative estimate of drug-likeness (QED) is 0.254. The van der Waals surface area contributed by atoms with Crippen LogP contribution in [-0.2, 0) is 9.59 Å². The summed E-state index contributed by atoms with van der Waals surface area (Å²) in [6.07, 6.45) is 3.04. The van der Waals surface area contributed by atoms with Gasteiger partial charge in [0.1, 0.15) is 12.4 Å². The largest absolute Gasteiger partial charge is 0.489 e. The van der Waals surface area contributed by atoms with Gasteiger partial charge in [0.25, 0.3) is 0 Å². The molecule has 0 radical (unpaired) electrons. The number of hydrazone groups is 1. The van der Waals surface area contributed by atoms with Crippen LogP contribution < -0.4 is 15.5 Å². The van der Waals surface area contributed by atoms with Gasteiger partial charge in [0.05, 0.1) is 6.21 Å². The fourth-order valence-corrected chi connectivity index (χ4v) is 3.00. The standard InChI is InChI=1S/C22H18BrN3O3/c1-2-12-29-20-11-10-17(23)13-16(20)14-24-26-22(28)21(27)25-19-9-5-7-15-6-3-4-8-18(15)19/h2-11,13-14H,1,12H2,(H,25,27)(H,26,28). The van der Waals surface area contributed by atoms with Crippen LogP contribution >= 0.6 is 15.9 Å². The minimum Gasteiger partial charge on any atom is -0.489 e. The summed E-state index contributed by atoms with van der Waals surface area (Å²) in [7, 11) is 0. The Kier molecular flexibility index (Phi) is 6.76. The average Bonchev–Trinajstić information content (AvgIpc) is 2.73. The van der Waals surface area contributed by atoms with Gasteiger partial charge in [-0.15, -0.1) is 0 Å². The number of hydrogen-bond donors (Lipinski definition) is 2. The highest BCUT2D eigenvalue weighted by atomic mass is 79.9. The molecule has 7 heteroatoms. The number of nitrogens with zero attached hydrogens (tertiary/aromatic N) is 1. The van der Waals surface area contributed by atoms with Crippen molar-refractivity contribution in [3.8, 4) is 5.75 Å². The Hall–Kier alpha value is -3.45. The molecule has 146 valence electrons. The monoisotopic (exact) mass is 451 g/mol. The third-order valence-corrected chi connectivity index (χ3v) is 4.44. The molecule has 0 aliphatic heterocycles. The highest BCUT2D eigenvalue weighted by molar-refractivity contribution is 9.10. The van der Waals surface area contributed by atoms with Gasteiger partial charge >= 0.3 is 11.8 Å². The number of carbonyl (C=O) groups excluding carboxylic acids is 2. The Labute approximate surface area is 176 Å². The van der Waals surface area contributed by atoms with Gasteiger partial charge < -0.3 is 10.1 Å². The van der Waals surface area contributed by atoms with Crippen LogP contribution in [0.5, 0.6) is 5.75 Å². The first-order valence-corrected chi connectivity index (χ1v) is 9.53. The fraction of sp³-hybridized carbons (Fsp3) is 0.0455. The molecule has 3 rings (SSSR count). The first-order chi connectivity index (χ1) is 14.1. The van der Waals surface area contributed by atoms with Crippen LogP contribution in [0.1, 0.15) is 5.56 Å². The summed E-state index contributed by atoms with van der Waals surface area (Å²) in [5.74, 6) is -1.11. The van der Waals surface area contributed by atoms with Crippen molar-refractivity contribution in [2.45, 2.75) is 0 Å². The molecule has 0 aliphatic carbocycles. The van der Waals surface area contributed by atoms with Crippen LogP contribution in [0.25, 0.3) is 10.8 Å². The van der Waals surface area contributed by atoms with E-state index in [1.807, 2.05) is 42.5 Å². The predicted molar refractivity (Wildman–Crippen MR) is 118 cm³/mol. The SMILES string of the molecule is C=CCOc1ccc(Br)cc1C=NNC(=O)C(=O)Nc1cccc2ccccc12. The molecule has 2 amide bonds. The Bertz CT molecular complexity index is 1090. The van der Waals surface area contributed by atoms with Crippen LogP contribution in [0.3, 0.4) is 0 Å². The molecule has 0 aromatic heterocycles. The molecule has 0 saturated carbocycles. The van der Waals surface area contributed by atoms with E-state index >= 15 is 0 Å². The molecule has 0 spiro atoms. The zero-order valence-electron chi connectivity index (χ0n) is 15.4. The zero-order chi connectivity index (χ0) is 20.6. The third-order valence-electron chi connectivity index (χ3n) is 3.94. The van der Waals surface area contributed by atoms with Crippen molar-refractivity contribution in [3.05, 3.63) is 83.4 Å². The Morgan fingerprint density at radius 3 is 2.69 bits per heavy atom. The van der Waals surface area contributed by atoms with Crippen molar-refractivity contribution in [1.29, 1.82) is 0 Å². The van der Waals surface area contributed by atoms with Gasteiger partial charge in [-0.2, -0.15) is 5.10 Å². The maximum absolute atomic E-state index is 12.2. The van der Waals surface area contributed by atoms with Gasteiger partial charge in [-0.1, -0.05) is 65.0 Å². The van der Waals surface area contributed by atoms with E-state index in [2.05, 4.69) is 38.4 Å². The van der Waals surface area contributed by atoms with E-state index in [0.29, 0.717) is 23.6 Å². The summed E-state index contributed by atoms with van der Waals surface area (Å²) in [6.45, 7) is 3.95. The normalized spacial score (nSPS) is 10.7. The summed E-state index contributed by atoms with van der Waals surface area (Å²) in [5.41, 5.74) is 3.42. The molecule has 6 nitrogen and oxygen atoms in total. The predicted octanol–water partition coefficient (Wildman–Crippen LogP) is 4.26. The topological polar surface area (TPSA) is 79.8 Å². The molecule has 0 aliphatic rings. The number of carbonyl (C=O) groups is 2. The first-order valence-electron chi connectivity index (χ1n) is 8.74. The second-order valence-corrected chi connectivity index (χ2v) is 6.88. The van der Waals surface area contributed by atoms with Crippen LogP contribution in [0.2, 0.25) is 0 Å². The van der Waals surface area contributed by atoms with Gasteiger partial charge in [0, 0.05) is 21.1 Å². The molecule has 0 unspecified atom stereocenters. The van der Waals surface area contributed by atoms with E-state index in [9.17, 15) is 9.59 Å². The Balaban J connectivity index is 1.67. The van der Waals surface area contributed by atoms with Gasteiger partial charge in [0.15, 0.2) is 0 Å². The first kappa shape index (κ1) is 20.3. The smallest absolute Gasteiger partial charge is 0.329 e. The summed E-state index contributed by atoms with van der Waals surface area (Å²) in [6, 6.07) is 18.4. The number of ether oxygens (including phenoxy) is 1. The molecule has 0 heterocycles. The van der Waals surface area contributed by atoms with E-state index in [1.54, 1.807) is 24.3 Å². The number of benzene rings is 3. The van der Waals surface area contributed by atoms with E-state index in [0.717, 1.165) is 15.2 Å². The maximum Gasteiger partial charge on any atom is 0.329 e. The lowest BCUT2D eigenvalue weighted by molar-refractivity contribution is -0.136. The minimum atomic E-state index is -0.877. The molecule has 29 heavy (non-hydrogen) atoms. The lowest BCUT2D eigenvalue weighted by Crippen LogP contribution is -2.32. The van der Waals surface area contributed by atoms with E-state index in [1.165, 1.54) is 6.21 Å². The molecular formula is C22H18BrN3O3. The van der Waals surface area contributed by atoms with E-state index in [4.69, 9.17) is 4.74 Å². The molecular weight excluding hydrogens is 434 g/mol. The van der Waals surface area contributed by atoms with Gasteiger partial charge in [-0.25, -0.2) is 5.43 Å². The Morgan fingerprint density at radius 2 is 1.86 bits per heavy atom. The maximum atomic E-state index is 12.2. The molecule has 0 fully saturated rings. The number of anilines is 1. The van der Waals surface area contributed by atoms with Crippen molar-refractivity contribution in [2.75, 3.05) is 11.9 Å². The highest BCUT2D eigenvalue weighted by Gasteiger charge is 2.14. The van der Waals surface area contributed by atoms with Crippen molar-refractivity contribution in [2.24, 2.45) is 5.10 Å². The average molecular weight is 452 g/mol. The molecule has 3 aromatic rings. The zero-order valence-corrected chi connectivity index (χ0v) is 17.0. The molecule has 2 N–H and O–H groups in total. The highest BCUT2D eigenvalue weighted by Crippen LogP contribution is 2.23. The summed E-state index contributed by atoms with van der Waals surface area (Å²) >= 11 is 3.38. The van der Waals surface area contributed by atoms with Gasteiger partial charge in [-0.05, 0) is 29.7 Å². The molecule has 3 aromatic carbocycles. The molecule has 0 saturated heterocycles. The fourth-order valence-electron chi connectivity index (χ4n) is 2.63. The second kappa shape index (κ2) is 9.66. The van der Waals surface area contributed by atoms with E-state index < -0.39 is 11.8 Å². The van der Waals surface area contributed by atoms with Crippen molar-refractivity contribution in [1.82, 2.24) is 5.43 Å². The number of amides is 2. The van der Waals surface area contributed by atoms with Crippen LogP contribution in [-0.4, -0.2) is 24.6 Å². The number of halogens is 1. The lowest BCUT2D eigenvalue weighted by atomic mass is 10.1. The van der Waals surface area contributed by atoms with Gasteiger partial charge in [-0.3, -0.25) is 9.59 Å². The van der Waals surface area contributed by atoms with Crippen LogP contribution in [0, 0.1) is 0 Å². The number of nitrogens with one attached hydrogen (secondary N) is 2. The molecule has 0 bridgehead atoms. The molecule has 0 atom stereocenters. The van der Waals surface area contributed by atoms with Gasteiger partial charge in [0.2, 0.25) is 0 Å². The van der Waals surface area contributed by atoms with Crippen molar-refractivity contribution < 1.29 is 14.3 Å². The second-order valence-electron chi connectivity index (χ2n) is 5.96. The summed E-state index contributed by atoms with van der Waals surface area (Å²) in [5, 5.41) is 8.29. The van der Waals surface area contributed by atoms with Crippen molar-refractivity contribution >= 4 is 50.4 Å². The lowest BCUT2D eigenvalue weighted by Gasteiger charge is -2.08. The van der Waals surface area contributed by atoms with Crippen LogP contribution in [0.4, 0.5) is 5.69 Å². The van der Waals surface area contributed by atoms with E-state index in [-0.39, 0.29) is 0 Å².